The van der Waals surface area contributed by atoms with E-state index in [2.05, 4.69) is 101 Å². The first-order valence-electron chi connectivity index (χ1n) is 46.2. The Hall–Kier alpha value is -11.3. The molecule has 0 radical (unpaired) electrons. The summed E-state index contributed by atoms with van der Waals surface area (Å²) in [7, 11) is 22.4. The van der Waals surface area contributed by atoms with Crippen molar-refractivity contribution < 1.29 is 105 Å². The van der Waals surface area contributed by atoms with E-state index >= 15 is 0 Å². The zero-order valence-corrected chi connectivity index (χ0v) is 90.9. The summed E-state index contributed by atoms with van der Waals surface area (Å²) in [5.41, 5.74) is 18.8. The molecule has 808 valence electrons. The fourth-order valence-electron chi connectivity index (χ4n) is 7.28. The van der Waals surface area contributed by atoms with Crippen molar-refractivity contribution in [2.75, 3.05) is 151 Å². The van der Waals surface area contributed by atoms with Crippen LogP contribution in [0.15, 0.2) is 30.3 Å². The maximum atomic E-state index is 11.2. The lowest BCUT2D eigenvalue weighted by atomic mass is 9.97. The normalized spacial score (nSPS) is 11.0. The maximum Gasteiger partial charge on any atom is 0.408 e. The molecule has 1 saturated carbocycles. The van der Waals surface area contributed by atoms with E-state index in [-0.39, 0.29) is 127 Å². The molecule has 0 spiro atoms. The standard InChI is InChI=1S/C10H20N2O3.2C9H18N2O3.C8H16N2O3.C8H9NO.C7H14N2O.C5H12N2O.C5H9NO.2C5H11NO.2C4H10N2O.C4H9NO.C3H8N2O.3C2H6/c1-10(2,3)15-9(14)12-7-5-6-8(13)11-4;1-9(2,3)14-8(13)11-6-5-7(12)10-4;1-6(7(12)10-5)11-8(13)14-9(2,3)4;1-8(2,3)13-7(12)10-5-6(11)9-4;1-9-8(10)7-5-3-2-4-6-7;1-8-7(10)6-2-4-9-5-3-6;1-7-5(8)3-2-4-6;1-6-5(7)4-2-3-4;1-4(2)5(7)6-3;1-3-4-5(7)6-2;1-6-4(7)2-3-5;1-3(5)4(7)6-2;1-3-4(6)5-2;1-5-3(6)2-4;3*1-2/h5-7H2,1-4H3,(H,11,13)(H,12,14);5-6H2,1-4H3,(H,10,12)(H,11,13);6H,1-5H3,(H,10,12)(H,11,13);5H2,1-4H3,(H,9,11)(H,10,12);2-6H,1H3,(H,9,10);6,9H,2-5H2,1H3,(H,8,10);2-4,6H2,1H3,(H,7,8);4H,2-3H2,1H3,(H,6,7);4H,1-3H3,(H,6,7);3-4H2,1-2H3,(H,6,7);2-3,5H2,1H3,(H,6,7);3H,5H2,1-2H3,(H,6,7);3H2,1-2H3,(H,5,6);2,4H2,1H3,(H,5,6);3*1-2H3. The van der Waals surface area contributed by atoms with E-state index in [1.165, 1.54) is 14.1 Å². The maximum absolute atomic E-state index is 11.2. The predicted molar refractivity (Wildman–Crippen MR) is 545 cm³/mol. The Bertz CT molecular complexity index is 3170. The SMILES string of the molecule is CC.CC.CC.CCC(=O)NC.CCCC(=O)NC.CNC(=O)C(C)C.CNC(=O)C(C)N.CNC(=O)C(C)NC(=O)OC(C)(C)C.CNC(=O)C1CC1.CNC(=O)C1CCNCC1.CNC(=O)CCCN.CNC(=O)CCCNC(=O)OC(C)(C)C.CNC(=O)CCN.CNC(=O)CCNC(=O)OC(C)(C)C.CNC(=O)CN.CNC(=O)CNC(=O)OC(C)(C)C.CNC(=O)c1ccccc1. The number of amides is 18. The summed E-state index contributed by atoms with van der Waals surface area (Å²) in [5.74, 6) is 0.581. The summed E-state index contributed by atoms with van der Waals surface area (Å²) in [4.78, 5) is 192. The first-order valence-corrected chi connectivity index (χ1v) is 46.2. The van der Waals surface area contributed by atoms with Gasteiger partial charge in [0.25, 0.3) is 5.91 Å². The molecule has 45 nitrogen and oxygen atoms in total. The van der Waals surface area contributed by atoms with Crippen LogP contribution in [0.25, 0.3) is 0 Å². The van der Waals surface area contributed by atoms with Crippen LogP contribution in [0.4, 0.5) is 19.2 Å². The van der Waals surface area contributed by atoms with Gasteiger partial charge in [0.1, 0.15) is 28.4 Å². The van der Waals surface area contributed by atoms with Crippen LogP contribution in [0.3, 0.4) is 0 Å². The van der Waals surface area contributed by atoms with Crippen LogP contribution >= 0.6 is 0 Å². The number of likely N-dealkylation sites (N-methyl/N-ethyl adjacent to an activating group) is 4. The molecule has 1 aliphatic carbocycles. The molecule has 1 aliphatic heterocycles. The quantitative estimate of drug-likeness (QED) is 0.0486. The number of benzene rings is 1. The number of nitrogens with two attached hydrogens (primary N) is 4. The molecule has 2 unspecified atom stereocenters. The lowest BCUT2D eigenvalue weighted by Crippen LogP contribution is -2.45. The number of rotatable bonds is 25. The first kappa shape index (κ1) is 157. The molecule has 2 aliphatic rings. The highest BCUT2D eigenvalue weighted by Crippen LogP contribution is 2.28. The van der Waals surface area contributed by atoms with Gasteiger partial charge in [0.15, 0.2) is 0 Å². The molecular formula is C92H193N23O22. The summed E-state index contributed by atoms with van der Waals surface area (Å²) in [6.45, 7) is 47.8. The molecule has 2 atom stereocenters. The van der Waals surface area contributed by atoms with Gasteiger partial charge in [-0.05, 0) is 174 Å². The molecule has 1 heterocycles. The van der Waals surface area contributed by atoms with Crippen molar-refractivity contribution in [3.05, 3.63) is 35.9 Å². The minimum atomic E-state index is -0.589. The number of carbonyl (C=O) groups excluding carboxylic acids is 18. The third-order valence-corrected chi connectivity index (χ3v) is 14.5. The Morgan fingerprint density at radius 2 is 0.701 bits per heavy atom. The Labute approximate surface area is 821 Å². The molecule has 45 heteroatoms. The summed E-state index contributed by atoms with van der Waals surface area (Å²) in [5, 5.41) is 47.8. The van der Waals surface area contributed by atoms with Crippen LogP contribution in [0.1, 0.15) is 260 Å². The summed E-state index contributed by atoms with van der Waals surface area (Å²) in [6.07, 6.45) is 7.24. The summed E-state index contributed by atoms with van der Waals surface area (Å²) >= 11 is 0. The number of ether oxygens (including phenoxy) is 4. The molecule has 1 aromatic carbocycles. The molecule has 3 rings (SSSR count). The second kappa shape index (κ2) is 107. The summed E-state index contributed by atoms with van der Waals surface area (Å²) in [6, 6.07) is 8.14. The van der Waals surface area contributed by atoms with Gasteiger partial charge < -0.3 is 143 Å². The van der Waals surface area contributed by atoms with Gasteiger partial charge >= 0.3 is 24.4 Å². The third kappa shape index (κ3) is 140. The predicted octanol–water partition coefficient (Wildman–Crippen LogP) is 3.97. The van der Waals surface area contributed by atoms with Crippen LogP contribution in [-0.2, 0) is 81.3 Å². The van der Waals surface area contributed by atoms with E-state index in [0.29, 0.717) is 69.6 Å². The molecule has 18 amide bonds. The lowest BCUT2D eigenvalue weighted by Gasteiger charge is -2.21. The smallest absolute Gasteiger partial charge is 0.408 e. The van der Waals surface area contributed by atoms with Crippen molar-refractivity contribution in [3.8, 4) is 0 Å². The minimum Gasteiger partial charge on any atom is -0.444 e. The van der Waals surface area contributed by atoms with Crippen LogP contribution in [0.2, 0.25) is 0 Å². The Balaban J connectivity index is -0.0000000996. The van der Waals surface area contributed by atoms with Gasteiger partial charge in [-0.15, -0.1) is 0 Å². The van der Waals surface area contributed by atoms with Crippen molar-refractivity contribution >= 4 is 107 Å². The van der Waals surface area contributed by atoms with Crippen molar-refractivity contribution in [1.82, 2.24) is 101 Å². The van der Waals surface area contributed by atoms with Gasteiger partial charge in [0.2, 0.25) is 76.8 Å². The van der Waals surface area contributed by atoms with Gasteiger partial charge in [-0.3, -0.25) is 67.1 Å². The van der Waals surface area contributed by atoms with Gasteiger partial charge in [-0.2, -0.15) is 0 Å². The molecule has 1 saturated heterocycles. The van der Waals surface area contributed by atoms with Gasteiger partial charge in [-0.1, -0.05) is 87.4 Å². The molecule has 0 aromatic heterocycles. The van der Waals surface area contributed by atoms with Gasteiger partial charge in [0, 0.05) is 180 Å². The van der Waals surface area contributed by atoms with Gasteiger partial charge in [-0.25, -0.2) is 19.2 Å². The minimum absolute atomic E-state index is 0.00231. The number of piperidine rings is 1. The van der Waals surface area contributed by atoms with Crippen LogP contribution < -0.4 is 124 Å². The zero-order valence-electron chi connectivity index (χ0n) is 90.9. The number of nitrogens with one attached hydrogen (secondary N) is 19. The molecule has 0 bridgehead atoms. The Morgan fingerprint density at radius 1 is 0.365 bits per heavy atom. The average molecular weight is 1970 g/mol. The average Bonchev–Trinajstić information content (AvgIpc) is 1.72. The first-order chi connectivity index (χ1) is 63.7. The lowest BCUT2D eigenvalue weighted by molar-refractivity contribution is -0.125. The molecule has 2 fully saturated rings. The fraction of sp³-hybridized carbons (Fsp3) is 0.739. The van der Waals surface area contributed by atoms with E-state index in [1.807, 2.05) is 87.4 Å². The highest BCUT2D eigenvalue weighted by Gasteiger charge is 2.28. The topological polar surface area (TPSA) is 677 Å². The van der Waals surface area contributed by atoms with Crippen LogP contribution in [0.5, 0.6) is 0 Å². The van der Waals surface area contributed by atoms with Crippen LogP contribution in [-0.4, -0.2) is 293 Å². The van der Waals surface area contributed by atoms with E-state index in [4.69, 9.17) is 41.9 Å². The van der Waals surface area contributed by atoms with E-state index in [1.54, 1.807) is 194 Å². The van der Waals surface area contributed by atoms with E-state index in [9.17, 15) is 86.3 Å². The highest BCUT2D eigenvalue weighted by molar-refractivity contribution is 5.94. The largest absolute Gasteiger partial charge is 0.444 e. The summed E-state index contributed by atoms with van der Waals surface area (Å²) < 4.78 is 19.9. The Morgan fingerprint density at radius 3 is 0.949 bits per heavy atom. The number of carbonyl (C=O) groups is 18. The second-order valence-electron chi connectivity index (χ2n) is 31.3. The molecular weight excluding hydrogens is 1780 g/mol. The van der Waals surface area contributed by atoms with Crippen molar-refractivity contribution in [2.24, 2.45) is 40.7 Å². The second-order valence-corrected chi connectivity index (χ2v) is 31.3. The van der Waals surface area contributed by atoms with E-state index < -0.39 is 52.8 Å². The molecule has 1 aromatic rings. The molecule has 137 heavy (non-hydrogen) atoms. The number of hydrogen-bond donors (Lipinski definition) is 23. The number of alkyl carbamates (subject to hydrolysis) is 4. The highest BCUT2D eigenvalue weighted by atomic mass is 16.6. The van der Waals surface area contributed by atoms with E-state index in [0.717, 1.165) is 51.6 Å². The Kier molecular flexibility index (Phi) is 122. The monoisotopic (exact) mass is 1970 g/mol. The van der Waals surface area contributed by atoms with Crippen molar-refractivity contribution in [2.45, 2.75) is 284 Å². The van der Waals surface area contributed by atoms with Crippen molar-refractivity contribution in [1.29, 1.82) is 0 Å². The van der Waals surface area contributed by atoms with Crippen LogP contribution in [0, 0.1) is 17.8 Å². The third-order valence-electron chi connectivity index (χ3n) is 14.5. The van der Waals surface area contributed by atoms with Gasteiger partial charge in [0.05, 0.1) is 19.1 Å². The fourth-order valence-corrected chi connectivity index (χ4v) is 7.28. The number of hydrogen-bond acceptors (Lipinski definition) is 27. The molecule has 27 N–H and O–H groups in total. The zero-order chi connectivity index (χ0) is 111. The van der Waals surface area contributed by atoms with Crippen molar-refractivity contribution in [3.63, 3.8) is 0 Å².